The van der Waals surface area contributed by atoms with Gasteiger partial charge in [-0.2, -0.15) is 0 Å². The van der Waals surface area contributed by atoms with Crippen molar-refractivity contribution in [1.82, 2.24) is 0 Å². The second-order valence-electron chi connectivity index (χ2n) is 10.5. The fourth-order valence-electron chi connectivity index (χ4n) is 3.91. The predicted octanol–water partition coefficient (Wildman–Crippen LogP) is 5.76. The van der Waals surface area contributed by atoms with Gasteiger partial charge < -0.3 is 18.9 Å². The minimum Gasteiger partial charge on any atom is -0.491 e. The molecule has 1 unspecified atom stereocenters. The summed E-state index contributed by atoms with van der Waals surface area (Å²) in [6.45, 7) is 17.8. The molecule has 1 heterocycles. The normalized spacial score (nSPS) is 16.0. The average Bonchev–Trinajstić information content (AvgIpc) is 3.07. The first kappa shape index (κ1) is 25.3. The summed E-state index contributed by atoms with van der Waals surface area (Å²) < 4.78 is 22.3. The van der Waals surface area contributed by atoms with Crippen molar-refractivity contribution in [2.45, 2.75) is 65.2 Å². The molecule has 5 nitrogen and oxygen atoms in total. The van der Waals surface area contributed by atoms with E-state index in [1.807, 2.05) is 31.2 Å². The van der Waals surface area contributed by atoms with Gasteiger partial charge in [0, 0.05) is 17.7 Å². The topological polar surface area (TPSA) is 54.0 Å². The number of esters is 1. The van der Waals surface area contributed by atoms with Crippen molar-refractivity contribution in [1.29, 1.82) is 0 Å². The van der Waals surface area contributed by atoms with E-state index in [0.29, 0.717) is 33.0 Å². The van der Waals surface area contributed by atoms with E-state index in [2.05, 4.69) is 53.7 Å². The highest BCUT2D eigenvalue weighted by Gasteiger charge is 2.39. The van der Waals surface area contributed by atoms with Crippen LogP contribution in [-0.2, 0) is 25.1 Å². The summed E-state index contributed by atoms with van der Waals surface area (Å²) in [6, 6.07) is 12.0. The highest BCUT2D eigenvalue weighted by atomic mass is 16.5. The van der Waals surface area contributed by atoms with Gasteiger partial charge >= 0.3 is 5.97 Å². The number of benzene rings is 2. The lowest BCUT2D eigenvalue weighted by atomic mass is 9.77. The van der Waals surface area contributed by atoms with Crippen LogP contribution < -0.4 is 9.47 Å². The molecule has 0 spiro atoms. The Kier molecular flexibility index (Phi) is 7.86. The number of carbonyl (C=O) groups is 1. The molecule has 0 saturated carbocycles. The van der Waals surface area contributed by atoms with Crippen LogP contribution in [0.15, 0.2) is 36.4 Å². The molecule has 0 aromatic heterocycles. The van der Waals surface area contributed by atoms with Crippen LogP contribution in [0.1, 0.15) is 76.6 Å². The second-order valence-corrected chi connectivity index (χ2v) is 10.5. The predicted molar refractivity (Wildman–Crippen MR) is 131 cm³/mol. The van der Waals surface area contributed by atoms with Gasteiger partial charge in [0.2, 0.25) is 0 Å². The fraction of sp³-hybridized carbons (Fsp3) is 0.536. The van der Waals surface area contributed by atoms with Gasteiger partial charge in [0.05, 0.1) is 19.8 Å². The van der Waals surface area contributed by atoms with Gasteiger partial charge in [-0.15, -0.1) is 0 Å². The van der Waals surface area contributed by atoms with Crippen LogP contribution in [0, 0.1) is 0 Å². The zero-order valence-electron chi connectivity index (χ0n) is 21.1. The largest absolute Gasteiger partial charge is 0.491 e. The Bertz CT molecular complexity index is 948. The molecule has 0 aliphatic carbocycles. The maximum absolute atomic E-state index is 13.0. The van der Waals surface area contributed by atoms with Crippen molar-refractivity contribution in [2.24, 2.45) is 0 Å². The highest BCUT2D eigenvalue weighted by molar-refractivity contribution is 5.90. The lowest BCUT2D eigenvalue weighted by molar-refractivity contribution is -0.133. The Morgan fingerprint density at radius 2 is 1.48 bits per heavy atom. The van der Waals surface area contributed by atoms with E-state index in [4.69, 9.17) is 18.9 Å². The number of ether oxygens (including phenoxy) is 4. The van der Waals surface area contributed by atoms with Crippen molar-refractivity contribution in [2.75, 3.05) is 33.0 Å². The Labute approximate surface area is 198 Å². The smallest absolute Gasteiger partial charge is 0.323 e. The van der Waals surface area contributed by atoms with Crippen LogP contribution in [0.2, 0.25) is 0 Å². The van der Waals surface area contributed by atoms with E-state index in [9.17, 15) is 4.79 Å². The molecule has 0 saturated heterocycles. The van der Waals surface area contributed by atoms with Crippen molar-refractivity contribution < 1.29 is 23.7 Å². The van der Waals surface area contributed by atoms with Crippen LogP contribution in [0.4, 0.5) is 0 Å². The molecule has 1 aliphatic rings. The zero-order chi connectivity index (χ0) is 24.2. The van der Waals surface area contributed by atoms with Gasteiger partial charge in [0.25, 0.3) is 0 Å². The molecule has 1 aliphatic heterocycles. The summed E-state index contributed by atoms with van der Waals surface area (Å²) in [7, 11) is 0. The van der Waals surface area contributed by atoms with Crippen LogP contribution in [0.3, 0.4) is 0 Å². The Hall–Kier alpha value is -2.37. The maximum Gasteiger partial charge on any atom is 0.323 e. The van der Waals surface area contributed by atoms with Gasteiger partial charge in [-0.3, -0.25) is 4.79 Å². The molecule has 0 N–H and O–H groups in total. The van der Waals surface area contributed by atoms with Crippen molar-refractivity contribution in [3.63, 3.8) is 0 Å². The first-order valence-electron chi connectivity index (χ1n) is 11.8. The van der Waals surface area contributed by atoms with E-state index >= 15 is 0 Å². The van der Waals surface area contributed by atoms with Gasteiger partial charge in [-0.1, -0.05) is 65.8 Å². The molecule has 3 rings (SSSR count). The van der Waals surface area contributed by atoms with Crippen molar-refractivity contribution in [3.05, 3.63) is 58.7 Å². The molecule has 0 radical (unpaired) electrons. The summed E-state index contributed by atoms with van der Waals surface area (Å²) >= 11 is 0. The summed E-state index contributed by atoms with van der Waals surface area (Å²) in [5, 5.41) is 0. The van der Waals surface area contributed by atoms with E-state index in [1.165, 1.54) is 5.56 Å². The second kappa shape index (κ2) is 10.3. The average molecular weight is 455 g/mol. The molecular weight excluding hydrogens is 416 g/mol. The quantitative estimate of drug-likeness (QED) is 0.274. The van der Waals surface area contributed by atoms with Crippen molar-refractivity contribution >= 4 is 5.97 Å². The van der Waals surface area contributed by atoms with Gasteiger partial charge in [-0.25, -0.2) is 0 Å². The van der Waals surface area contributed by atoms with E-state index in [1.54, 1.807) is 0 Å². The first-order chi connectivity index (χ1) is 15.5. The van der Waals surface area contributed by atoms with Crippen LogP contribution >= 0.6 is 0 Å². The first-order valence-corrected chi connectivity index (χ1v) is 11.8. The minimum absolute atomic E-state index is 0.0341. The number of fused-ring (bicyclic) bond motifs is 1. The monoisotopic (exact) mass is 454 g/mol. The Morgan fingerprint density at radius 3 is 2.09 bits per heavy atom. The Morgan fingerprint density at radius 1 is 0.848 bits per heavy atom. The number of hydrogen-bond donors (Lipinski definition) is 0. The molecule has 5 heteroatoms. The summed E-state index contributed by atoms with van der Waals surface area (Å²) in [6.07, 6.45) is 0. The minimum atomic E-state index is -0.431. The number of carbonyl (C=O) groups excluding carboxylic acids is 1. The highest BCUT2D eigenvalue weighted by Crippen LogP contribution is 2.47. The molecule has 0 bridgehead atoms. The lowest BCUT2D eigenvalue weighted by Crippen LogP contribution is -2.17. The van der Waals surface area contributed by atoms with Gasteiger partial charge in [0.1, 0.15) is 24.0 Å². The number of rotatable bonds is 9. The molecular formula is C28H38O5. The third-order valence-corrected chi connectivity index (χ3v) is 5.83. The molecule has 0 fully saturated rings. The summed E-state index contributed by atoms with van der Waals surface area (Å²) in [5.41, 5.74) is 3.97. The van der Waals surface area contributed by atoms with Gasteiger partial charge in [0.15, 0.2) is 0 Å². The van der Waals surface area contributed by atoms with E-state index < -0.39 is 5.92 Å². The Balaban J connectivity index is 1.78. The molecule has 0 amide bonds. The molecule has 180 valence electrons. The van der Waals surface area contributed by atoms with Crippen LogP contribution in [-0.4, -0.2) is 39.0 Å². The van der Waals surface area contributed by atoms with Crippen LogP contribution in [0.5, 0.6) is 11.5 Å². The van der Waals surface area contributed by atoms with E-state index in [-0.39, 0.29) is 16.8 Å². The van der Waals surface area contributed by atoms with E-state index in [0.717, 1.165) is 28.2 Å². The maximum atomic E-state index is 13.0. The number of hydrogen-bond acceptors (Lipinski definition) is 5. The van der Waals surface area contributed by atoms with Crippen LogP contribution in [0.25, 0.3) is 0 Å². The SMILES string of the molecule is CCOCCOCCOc1ccc(C2C(=O)Oc3c2cc(C(C)(C)C)cc3C(C)(C)C)cc1. The summed E-state index contributed by atoms with van der Waals surface area (Å²) in [5.74, 6) is 0.810. The molecule has 1 atom stereocenters. The third kappa shape index (κ3) is 6.15. The molecule has 2 aromatic carbocycles. The lowest BCUT2D eigenvalue weighted by Gasteiger charge is -2.27. The molecule has 33 heavy (non-hydrogen) atoms. The molecule has 2 aromatic rings. The zero-order valence-corrected chi connectivity index (χ0v) is 21.1. The van der Waals surface area contributed by atoms with Crippen molar-refractivity contribution in [3.8, 4) is 11.5 Å². The van der Waals surface area contributed by atoms with Gasteiger partial charge in [-0.05, 0) is 41.0 Å². The summed E-state index contributed by atoms with van der Waals surface area (Å²) in [4.78, 5) is 13.0. The fourth-order valence-corrected chi connectivity index (χ4v) is 3.91. The standard InChI is InChI=1S/C28H38O5/c1-8-30-13-14-31-15-16-32-21-11-9-19(10-12-21)24-22-17-20(27(2,3)4)18-23(28(5,6)7)25(22)33-26(24)29/h9-12,17-18,24H,8,13-16H2,1-7H3. The third-order valence-electron chi connectivity index (χ3n) is 5.83.